The van der Waals surface area contributed by atoms with Gasteiger partial charge in [0.05, 0.1) is 12.3 Å². The predicted octanol–water partition coefficient (Wildman–Crippen LogP) is 1.13. The molecule has 0 spiro atoms. The molecule has 0 saturated heterocycles. The summed E-state index contributed by atoms with van der Waals surface area (Å²) < 4.78 is 8.34. The van der Waals surface area contributed by atoms with Crippen molar-refractivity contribution < 1.29 is 9.53 Å². The Bertz CT molecular complexity index is 826. The van der Waals surface area contributed by atoms with Crippen LogP contribution in [0.15, 0.2) is 23.0 Å². The van der Waals surface area contributed by atoms with Crippen molar-refractivity contribution in [3.05, 3.63) is 45.9 Å². The van der Waals surface area contributed by atoms with Crippen LogP contribution in [0.1, 0.15) is 48.2 Å². The zero-order valence-corrected chi connectivity index (χ0v) is 15.3. The summed E-state index contributed by atoms with van der Waals surface area (Å²) in [4.78, 5) is 29.2. The van der Waals surface area contributed by atoms with Crippen LogP contribution in [0.5, 0.6) is 0 Å². The van der Waals surface area contributed by atoms with E-state index in [9.17, 15) is 9.59 Å². The van der Waals surface area contributed by atoms with Gasteiger partial charge in [-0.1, -0.05) is 13.0 Å². The van der Waals surface area contributed by atoms with E-state index in [0.717, 1.165) is 24.4 Å². The van der Waals surface area contributed by atoms with E-state index in [1.807, 2.05) is 13.0 Å². The van der Waals surface area contributed by atoms with E-state index in [1.54, 1.807) is 28.5 Å². The number of aryl methyl sites for hydroxylation is 2. The van der Waals surface area contributed by atoms with Gasteiger partial charge in [-0.15, -0.1) is 0 Å². The van der Waals surface area contributed by atoms with Crippen LogP contribution in [0.4, 0.5) is 0 Å². The van der Waals surface area contributed by atoms with Crippen molar-refractivity contribution in [3.8, 4) is 0 Å². The maximum Gasteiger partial charge on any atom is 0.345 e. The summed E-state index contributed by atoms with van der Waals surface area (Å²) in [6.07, 6.45) is 3.01. The molecule has 8 nitrogen and oxygen atoms in total. The molecule has 0 aliphatic carbocycles. The Morgan fingerprint density at radius 1 is 1.38 bits per heavy atom. The average molecular weight is 359 g/mol. The van der Waals surface area contributed by atoms with Gasteiger partial charge in [0, 0.05) is 32.7 Å². The van der Waals surface area contributed by atoms with Crippen LogP contribution in [0.25, 0.3) is 0 Å². The van der Waals surface area contributed by atoms with E-state index >= 15 is 0 Å². The number of amides is 1. The first-order valence-corrected chi connectivity index (χ1v) is 9.04. The molecule has 1 unspecified atom stereocenters. The van der Waals surface area contributed by atoms with Gasteiger partial charge in [-0.2, -0.15) is 5.10 Å². The summed E-state index contributed by atoms with van der Waals surface area (Å²) in [7, 11) is 1.60. The summed E-state index contributed by atoms with van der Waals surface area (Å²) in [5, 5.41) is 7.47. The standard InChI is InChI=1S/C18H25N5O3/c1-3-10-23-18(25)22-11-9-13(7-8-16(22)21-23)20-17(24)15-6-4-5-14(19-15)12-26-2/h4-6,13H,3,7-12H2,1-2H3,(H,20,24). The quantitative estimate of drug-likeness (QED) is 0.835. The summed E-state index contributed by atoms with van der Waals surface area (Å²) in [6, 6.07) is 5.32. The molecule has 1 N–H and O–H groups in total. The fourth-order valence-electron chi connectivity index (χ4n) is 3.22. The molecule has 0 aromatic carbocycles. The van der Waals surface area contributed by atoms with Crippen molar-refractivity contribution in [2.75, 3.05) is 7.11 Å². The van der Waals surface area contributed by atoms with Crippen molar-refractivity contribution in [1.29, 1.82) is 0 Å². The topological polar surface area (TPSA) is 91.0 Å². The molecule has 2 aromatic heterocycles. The molecule has 0 saturated carbocycles. The highest BCUT2D eigenvalue weighted by Gasteiger charge is 2.22. The lowest BCUT2D eigenvalue weighted by atomic mass is 10.1. The monoisotopic (exact) mass is 359 g/mol. The number of ether oxygens (including phenoxy) is 1. The minimum Gasteiger partial charge on any atom is -0.378 e. The molecule has 2 aromatic rings. The van der Waals surface area contributed by atoms with Crippen molar-refractivity contribution in [2.24, 2.45) is 0 Å². The maximum absolute atomic E-state index is 12.5. The number of nitrogens with one attached hydrogen (secondary N) is 1. The van der Waals surface area contributed by atoms with Crippen molar-refractivity contribution in [2.45, 2.75) is 58.3 Å². The molecule has 8 heteroatoms. The third-order valence-electron chi connectivity index (χ3n) is 4.52. The number of carbonyl (C=O) groups is 1. The smallest absolute Gasteiger partial charge is 0.345 e. The number of hydrogen-bond donors (Lipinski definition) is 1. The second kappa shape index (κ2) is 8.27. The Balaban J connectivity index is 1.64. The van der Waals surface area contributed by atoms with Gasteiger partial charge in [0.1, 0.15) is 11.5 Å². The minimum atomic E-state index is -0.198. The molecule has 3 heterocycles. The van der Waals surface area contributed by atoms with Gasteiger partial charge in [-0.25, -0.2) is 14.5 Å². The first kappa shape index (κ1) is 18.3. The van der Waals surface area contributed by atoms with E-state index < -0.39 is 0 Å². The third kappa shape index (κ3) is 4.01. The highest BCUT2D eigenvalue weighted by atomic mass is 16.5. The van der Waals surface area contributed by atoms with E-state index in [2.05, 4.69) is 15.4 Å². The fourth-order valence-corrected chi connectivity index (χ4v) is 3.22. The van der Waals surface area contributed by atoms with E-state index in [4.69, 9.17) is 4.74 Å². The average Bonchev–Trinajstić information content (AvgIpc) is 2.80. The number of aromatic nitrogens is 4. The van der Waals surface area contributed by atoms with Crippen molar-refractivity contribution in [1.82, 2.24) is 24.6 Å². The van der Waals surface area contributed by atoms with Gasteiger partial charge < -0.3 is 10.1 Å². The number of nitrogens with zero attached hydrogens (tertiary/aromatic N) is 4. The zero-order chi connectivity index (χ0) is 18.5. The fraction of sp³-hybridized carbons (Fsp3) is 0.556. The van der Waals surface area contributed by atoms with Crippen LogP contribution in [0, 0.1) is 0 Å². The highest BCUT2D eigenvalue weighted by Crippen LogP contribution is 2.13. The van der Waals surface area contributed by atoms with Crippen LogP contribution >= 0.6 is 0 Å². The van der Waals surface area contributed by atoms with E-state index in [1.165, 1.54) is 0 Å². The minimum absolute atomic E-state index is 0.00361. The SMILES string of the molecule is CCCn1nc2n(c1=O)CCC(NC(=O)c1cccc(COC)n1)CC2. The Morgan fingerprint density at radius 3 is 3.00 bits per heavy atom. The van der Waals surface area contributed by atoms with Gasteiger partial charge in [0.25, 0.3) is 5.91 Å². The van der Waals surface area contributed by atoms with Gasteiger partial charge in [-0.05, 0) is 31.4 Å². The van der Waals surface area contributed by atoms with E-state index in [-0.39, 0.29) is 17.6 Å². The second-order valence-corrected chi connectivity index (χ2v) is 6.52. The van der Waals surface area contributed by atoms with Crippen LogP contribution < -0.4 is 11.0 Å². The highest BCUT2D eigenvalue weighted by molar-refractivity contribution is 5.92. The summed E-state index contributed by atoms with van der Waals surface area (Å²) in [5.74, 6) is 0.608. The molecule has 140 valence electrons. The molecular weight excluding hydrogens is 334 g/mol. The Morgan fingerprint density at radius 2 is 2.23 bits per heavy atom. The Labute approximate surface area is 152 Å². The Kier molecular flexibility index (Phi) is 5.82. The first-order chi connectivity index (χ1) is 12.6. The first-order valence-electron chi connectivity index (χ1n) is 9.04. The number of fused-ring (bicyclic) bond motifs is 1. The Hall–Kier alpha value is -2.48. The number of pyridine rings is 1. The maximum atomic E-state index is 12.5. The van der Waals surface area contributed by atoms with Crippen LogP contribution in [0.3, 0.4) is 0 Å². The van der Waals surface area contributed by atoms with Crippen LogP contribution in [0.2, 0.25) is 0 Å². The molecule has 1 aliphatic heterocycles. The lowest BCUT2D eigenvalue weighted by Gasteiger charge is -2.16. The second-order valence-electron chi connectivity index (χ2n) is 6.52. The summed E-state index contributed by atoms with van der Waals surface area (Å²) in [5.41, 5.74) is 1.05. The largest absolute Gasteiger partial charge is 0.378 e. The zero-order valence-electron chi connectivity index (χ0n) is 15.3. The molecule has 0 bridgehead atoms. The van der Waals surface area contributed by atoms with Gasteiger partial charge in [-0.3, -0.25) is 9.36 Å². The lowest BCUT2D eigenvalue weighted by molar-refractivity contribution is 0.0926. The van der Waals surface area contributed by atoms with Crippen LogP contribution in [-0.4, -0.2) is 38.4 Å². The molecular formula is C18H25N5O3. The number of hydrogen-bond acceptors (Lipinski definition) is 5. The molecule has 3 rings (SSSR count). The number of carbonyl (C=O) groups excluding carboxylic acids is 1. The van der Waals surface area contributed by atoms with Gasteiger partial charge >= 0.3 is 5.69 Å². The number of rotatable bonds is 6. The lowest BCUT2D eigenvalue weighted by Crippen LogP contribution is -2.36. The molecule has 1 atom stereocenters. The molecule has 0 radical (unpaired) electrons. The van der Waals surface area contributed by atoms with E-state index in [0.29, 0.717) is 38.2 Å². The summed E-state index contributed by atoms with van der Waals surface area (Å²) in [6.45, 7) is 3.61. The molecule has 0 fully saturated rings. The number of methoxy groups -OCH3 is 1. The molecule has 1 aliphatic rings. The predicted molar refractivity (Wildman–Crippen MR) is 95.9 cm³/mol. The van der Waals surface area contributed by atoms with Crippen molar-refractivity contribution >= 4 is 5.91 Å². The normalized spacial score (nSPS) is 16.8. The molecule has 26 heavy (non-hydrogen) atoms. The van der Waals surface area contributed by atoms with Gasteiger partial charge in [0.15, 0.2) is 0 Å². The van der Waals surface area contributed by atoms with Gasteiger partial charge in [0.2, 0.25) is 0 Å². The summed E-state index contributed by atoms with van der Waals surface area (Å²) >= 11 is 0. The third-order valence-corrected chi connectivity index (χ3v) is 4.52. The van der Waals surface area contributed by atoms with Crippen molar-refractivity contribution in [3.63, 3.8) is 0 Å². The molecule has 1 amide bonds. The van der Waals surface area contributed by atoms with Crippen LogP contribution in [-0.2, 0) is 30.9 Å².